The Morgan fingerprint density at radius 2 is 2.03 bits per heavy atom. The van der Waals surface area contributed by atoms with Gasteiger partial charge in [0, 0.05) is 36.6 Å². The van der Waals surface area contributed by atoms with Gasteiger partial charge in [0.25, 0.3) is 5.56 Å². The molecule has 35 heavy (non-hydrogen) atoms. The number of benzene rings is 1. The molecule has 0 amide bonds. The first-order chi connectivity index (χ1) is 17.1. The highest BCUT2D eigenvalue weighted by atomic mass is 35.5. The van der Waals surface area contributed by atoms with Gasteiger partial charge in [0.15, 0.2) is 5.78 Å². The Hall–Kier alpha value is -3.60. The van der Waals surface area contributed by atoms with E-state index >= 15 is 0 Å². The zero-order chi connectivity index (χ0) is 24.2. The van der Waals surface area contributed by atoms with Crippen molar-refractivity contribution in [2.75, 3.05) is 0 Å². The number of rotatable bonds is 9. The molecule has 4 heterocycles. The summed E-state index contributed by atoms with van der Waals surface area (Å²) < 4.78 is 9.81. The number of hydrogen-bond acceptors (Lipinski definition) is 8. The number of pyridine rings is 1. The molecule has 176 valence electrons. The summed E-state index contributed by atoms with van der Waals surface area (Å²) in [4.78, 5) is 29.6. The van der Waals surface area contributed by atoms with Crippen molar-refractivity contribution in [2.45, 2.75) is 19.4 Å². The van der Waals surface area contributed by atoms with E-state index in [-0.39, 0.29) is 17.9 Å². The molecule has 0 N–H and O–H groups in total. The smallest absolute Gasteiger partial charge is 0.255 e. The summed E-state index contributed by atoms with van der Waals surface area (Å²) in [6.45, 7) is 0.267. The van der Waals surface area contributed by atoms with E-state index in [1.165, 1.54) is 33.3 Å². The molecule has 1 aromatic carbocycles. The van der Waals surface area contributed by atoms with Crippen LogP contribution in [0.2, 0.25) is 4.34 Å². The molecule has 0 bridgehead atoms. The van der Waals surface area contributed by atoms with E-state index in [9.17, 15) is 9.59 Å². The summed E-state index contributed by atoms with van der Waals surface area (Å²) in [5.41, 5.74) is 4.39. The lowest BCUT2D eigenvalue weighted by molar-refractivity contribution is 0.0986. The predicted molar refractivity (Wildman–Crippen MR) is 135 cm³/mol. The molecule has 5 aromatic rings. The van der Waals surface area contributed by atoms with E-state index in [0.29, 0.717) is 44.9 Å². The molecule has 0 radical (unpaired) electrons. The van der Waals surface area contributed by atoms with Gasteiger partial charge in [0.05, 0.1) is 38.0 Å². The van der Waals surface area contributed by atoms with Gasteiger partial charge in [-0.1, -0.05) is 22.9 Å². The molecule has 0 aliphatic rings. The maximum Gasteiger partial charge on any atom is 0.255 e. The van der Waals surface area contributed by atoms with Crippen LogP contribution in [0.4, 0.5) is 0 Å². The molecule has 0 fully saturated rings. The Morgan fingerprint density at radius 3 is 2.80 bits per heavy atom. The number of aromatic nitrogens is 5. The van der Waals surface area contributed by atoms with Gasteiger partial charge in [0.1, 0.15) is 18.0 Å². The lowest BCUT2D eigenvalue weighted by Crippen LogP contribution is -2.16. The van der Waals surface area contributed by atoms with Gasteiger partial charge in [0.2, 0.25) is 0 Å². The Bertz CT molecular complexity index is 1520. The van der Waals surface area contributed by atoms with E-state index < -0.39 is 0 Å². The summed E-state index contributed by atoms with van der Waals surface area (Å²) in [5.74, 6) is 0.536. The Morgan fingerprint density at radius 1 is 1.11 bits per heavy atom. The van der Waals surface area contributed by atoms with Crippen LogP contribution in [0, 0.1) is 0 Å². The second-order valence-electron chi connectivity index (χ2n) is 7.51. The molecule has 4 aromatic heterocycles. The fraction of sp³-hybridized carbons (Fsp3) is 0.125. The Labute approximate surface area is 213 Å². The molecule has 0 unspecified atom stereocenters. The number of halogens is 1. The first-order valence-corrected chi connectivity index (χ1v) is 12.7. The monoisotopic (exact) mass is 523 g/mol. The Balaban J connectivity index is 1.40. The van der Waals surface area contributed by atoms with Crippen molar-refractivity contribution in [1.82, 2.24) is 24.5 Å². The number of Topliss-reactive ketones (excluding diaryl/α,β-unsaturated/α-hetero) is 1. The summed E-state index contributed by atoms with van der Waals surface area (Å²) in [6, 6.07) is 13.9. The van der Waals surface area contributed by atoms with Crippen LogP contribution >= 0.6 is 34.3 Å². The fourth-order valence-corrected chi connectivity index (χ4v) is 4.97. The van der Waals surface area contributed by atoms with Crippen LogP contribution in [0.3, 0.4) is 0 Å². The highest BCUT2D eigenvalue weighted by Crippen LogP contribution is 2.27. The topological polar surface area (TPSA) is 91.9 Å². The van der Waals surface area contributed by atoms with Gasteiger partial charge in [-0.3, -0.25) is 14.2 Å². The lowest BCUT2D eigenvalue weighted by Gasteiger charge is -2.13. The third-order valence-corrected chi connectivity index (χ3v) is 7.05. The average Bonchev–Trinajstić information content (AvgIpc) is 3.64. The van der Waals surface area contributed by atoms with E-state index in [0.717, 1.165) is 5.69 Å². The predicted octanol–water partition coefficient (Wildman–Crippen LogP) is 4.98. The first kappa shape index (κ1) is 23.2. The van der Waals surface area contributed by atoms with Gasteiger partial charge in [-0.25, -0.2) is 9.67 Å². The molecule has 11 heteroatoms. The van der Waals surface area contributed by atoms with Gasteiger partial charge in [-0.05, 0) is 30.3 Å². The zero-order valence-electron chi connectivity index (χ0n) is 18.2. The second-order valence-corrected chi connectivity index (χ2v) is 9.94. The third kappa shape index (κ3) is 5.40. The molecule has 0 saturated carbocycles. The molecule has 0 aliphatic carbocycles. The second kappa shape index (κ2) is 10.3. The summed E-state index contributed by atoms with van der Waals surface area (Å²) in [6.07, 6.45) is 4.22. The van der Waals surface area contributed by atoms with Crippen molar-refractivity contribution in [1.29, 1.82) is 0 Å². The van der Waals surface area contributed by atoms with Crippen LogP contribution < -0.4 is 10.3 Å². The molecule has 0 spiro atoms. The van der Waals surface area contributed by atoms with Gasteiger partial charge < -0.3 is 4.74 Å². The SMILES string of the molecule is O=C(CCc1cn(-c2ccc(-n3ccccc3=O)cc2OCc2cscn2)nn1)c1ccc(Cl)s1. The van der Waals surface area contributed by atoms with Crippen LogP contribution in [0.25, 0.3) is 11.4 Å². The van der Waals surface area contributed by atoms with Crippen molar-refractivity contribution in [3.05, 3.63) is 103 Å². The minimum absolute atomic E-state index is 0.0152. The Kier molecular flexibility index (Phi) is 6.84. The van der Waals surface area contributed by atoms with E-state index in [1.807, 2.05) is 17.5 Å². The molecular weight excluding hydrogens is 506 g/mol. The standard InChI is InChI=1S/C24H18ClN5O3S2/c25-23-9-8-22(35-23)20(31)7-4-16-12-30(28-27-16)19-6-5-18(29-10-2-1-3-24(29)32)11-21(19)33-13-17-14-34-15-26-17/h1-3,5-6,8-12,14-15H,4,7,13H2. The van der Waals surface area contributed by atoms with Crippen LogP contribution in [-0.4, -0.2) is 30.3 Å². The van der Waals surface area contributed by atoms with E-state index in [2.05, 4.69) is 15.3 Å². The number of thiophene rings is 1. The molecular formula is C24H18ClN5O3S2. The number of aryl methyl sites for hydroxylation is 1. The molecule has 0 aliphatic heterocycles. The normalized spacial score (nSPS) is 11.0. The maximum atomic E-state index is 12.4. The largest absolute Gasteiger partial charge is 0.485 e. The zero-order valence-corrected chi connectivity index (χ0v) is 20.6. The van der Waals surface area contributed by atoms with Crippen LogP contribution in [0.15, 0.2) is 76.6 Å². The third-order valence-electron chi connectivity index (χ3n) is 5.15. The molecule has 0 atom stereocenters. The van der Waals surface area contributed by atoms with Crippen molar-refractivity contribution >= 4 is 40.1 Å². The van der Waals surface area contributed by atoms with Crippen LogP contribution in [0.1, 0.15) is 27.5 Å². The lowest BCUT2D eigenvalue weighted by atomic mass is 10.1. The first-order valence-electron chi connectivity index (χ1n) is 10.6. The quantitative estimate of drug-likeness (QED) is 0.253. The number of ether oxygens (including phenoxy) is 1. The van der Waals surface area contributed by atoms with Crippen molar-refractivity contribution in [2.24, 2.45) is 0 Å². The van der Waals surface area contributed by atoms with Crippen molar-refractivity contribution in [3.8, 4) is 17.1 Å². The average molecular weight is 524 g/mol. The summed E-state index contributed by atoms with van der Waals surface area (Å²) >= 11 is 8.69. The number of thiazole rings is 1. The molecule has 0 saturated heterocycles. The molecule has 5 rings (SSSR count). The summed E-state index contributed by atoms with van der Waals surface area (Å²) in [7, 11) is 0. The minimum atomic E-state index is -0.148. The fourth-order valence-electron chi connectivity index (χ4n) is 3.42. The minimum Gasteiger partial charge on any atom is -0.485 e. The van der Waals surface area contributed by atoms with Crippen molar-refractivity contribution < 1.29 is 9.53 Å². The number of hydrogen-bond donors (Lipinski definition) is 0. The maximum absolute atomic E-state index is 12.4. The number of nitrogens with zero attached hydrogens (tertiary/aromatic N) is 5. The van der Waals surface area contributed by atoms with E-state index in [1.54, 1.807) is 52.9 Å². The highest BCUT2D eigenvalue weighted by molar-refractivity contribution is 7.18. The number of carbonyl (C=O) groups excluding carboxylic acids is 1. The van der Waals surface area contributed by atoms with Crippen LogP contribution in [-0.2, 0) is 13.0 Å². The number of ketones is 1. The van der Waals surface area contributed by atoms with E-state index in [4.69, 9.17) is 16.3 Å². The number of carbonyl (C=O) groups is 1. The van der Waals surface area contributed by atoms with Gasteiger partial charge in [-0.15, -0.1) is 27.8 Å². The molecule has 8 nitrogen and oxygen atoms in total. The van der Waals surface area contributed by atoms with Crippen LogP contribution in [0.5, 0.6) is 5.75 Å². The van der Waals surface area contributed by atoms with Crippen molar-refractivity contribution in [3.63, 3.8) is 0 Å². The van der Waals surface area contributed by atoms with Gasteiger partial charge >= 0.3 is 0 Å². The highest BCUT2D eigenvalue weighted by Gasteiger charge is 2.14. The summed E-state index contributed by atoms with van der Waals surface area (Å²) in [5, 5.41) is 10.4. The van der Waals surface area contributed by atoms with Gasteiger partial charge in [-0.2, -0.15) is 0 Å².